The van der Waals surface area contributed by atoms with Crippen molar-refractivity contribution in [2.75, 3.05) is 18.0 Å². The molecule has 0 radical (unpaired) electrons. The fraction of sp³-hybridized carbons (Fsp3) is 0.393. The van der Waals surface area contributed by atoms with Crippen molar-refractivity contribution in [2.45, 2.75) is 58.8 Å². The van der Waals surface area contributed by atoms with E-state index in [1.807, 2.05) is 0 Å². The zero-order chi connectivity index (χ0) is 23.2. The van der Waals surface area contributed by atoms with Gasteiger partial charge in [0.25, 0.3) is 0 Å². The number of hydrogen-bond donors (Lipinski definition) is 1. The monoisotopic (exact) mass is 443 g/mol. The molecule has 1 aromatic heterocycles. The van der Waals surface area contributed by atoms with Gasteiger partial charge in [0, 0.05) is 30.6 Å². The summed E-state index contributed by atoms with van der Waals surface area (Å²) in [5.41, 5.74) is 7.65. The van der Waals surface area contributed by atoms with E-state index in [0.717, 1.165) is 85.6 Å². The highest BCUT2D eigenvalue weighted by molar-refractivity contribution is 5.81. The number of fused-ring (bicyclic) bond motifs is 1. The van der Waals surface area contributed by atoms with Crippen LogP contribution < -0.4 is 4.90 Å². The average Bonchev–Trinajstić information content (AvgIpc) is 2.81. The first-order valence-corrected chi connectivity index (χ1v) is 12.0. The van der Waals surface area contributed by atoms with Crippen molar-refractivity contribution in [1.29, 1.82) is 0 Å². The van der Waals surface area contributed by atoms with Crippen LogP contribution in [0.5, 0.6) is 0 Å². The van der Waals surface area contributed by atoms with Gasteiger partial charge in [-0.15, -0.1) is 0 Å². The summed E-state index contributed by atoms with van der Waals surface area (Å²) in [4.78, 5) is 23.5. The number of aromatic nitrogens is 2. The molecular formula is C28H33N3O2. The van der Waals surface area contributed by atoms with E-state index in [1.165, 1.54) is 11.1 Å². The summed E-state index contributed by atoms with van der Waals surface area (Å²) < 4.78 is 0. The van der Waals surface area contributed by atoms with Gasteiger partial charge in [-0.2, -0.15) is 0 Å². The number of hydrogen-bond acceptors (Lipinski definition) is 4. The normalized spacial score (nSPS) is 13.1. The highest BCUT2D eigenvalue weighted by atomic mass is 16.4. The molecule has 0 amide bonds. The van der Waals surface area contributed by atoms with Crippen LogP contribution in [0.25, 0.3) is 22.5 Å². The van der Waals surface area contributed by atoms with Crippen LogP contribution in [-0.4, -0.2) is 34.1 Å². The number of unbranched alkanes of at least 4 members (excludes halogenated alkanes) is 3. The maximum Gasteiger partial charge on any atom is 0.303 e. The fourth-order valence-corrected chi connectivity index (χ4v) is 4.51. The SMILES string of the molecule is Cc1ccc(-c2nc3c(nc2-c2ccccc2C)N(CCCCCCC(=O)O)CCC3)cc1. The average molecular weight is 444 g/mol. The van der Waals surface area contributed by atoms with Crippen LogP contribution in [0.2, 0.25) is 0 Å². The molecule has 33 heavy (non-hydrogen) atoms. The fourth-order valence-electron chi connectivity index (χ4n) is 4.51. The maximum atomic E-state index is 10.7. The summed E-state index contributed by atoms with van der Waals surface area (Å²) in [6.45, 7) is 6.16. The largest absolute Gasteiger partial charge is 0.481 e. The second kappa shape index (κ2) is 10.6. The number of anilines is 1. The Morgan fingerprint density at radius 1 is 0.939 bits per heavy atom. The van der Waals surface area contributed by atoms with E-state index in [9.17, 15) is 4.79 Å². The van der Waals surface area contributed by atoms with Crippen LogP contribution >= 0.6 is 0 Å². The molecule has 0 saturated heterocycles. The molecule has 2 heterocycles. The number of benzene rings is 2. The molecule has 0 unspecified atom stereocenters. The van der Waals surface area contributed by atoms with Gasteiger partial charge in [0.15, 0.2) is 5.82 Å². The van der Waals surface area contributed by atoms with E-state index < -0.39 is 5.97 Å². The van der Waals surface area contributed by atoms with Crippen molar-refractivity contribution in [3.63, 3.8) is 0 Å². The van der Waals surface area contributed by atoms with E-state index in [0.29, 0.717) is 0 Å². The Balaban J connectivity index is 1.64. The van der Waals surface area contributed by atoms with E-state index in [-0.39, 0.29) is 6.42 Å². The lowest BCUT2D eigenvalue weighted by molar-refractivity contribution is -0.137. The summed E-state index contributed by atoms with van der Waals surface area (Å²) in [6.07, 6.45) is 6.09. The number of carboxylic acid groups (broad SMARTS) is 1. The van der Waals surface area contributed by atoms with Gasteiger partial charge in [-0.05, 0) is 45.1 Å². The molecule has 0 spiro atoms. The highest BCUT2D eigenvalue weighted by Gasteiger charge is 2.24. The number of carbonyl (C=O) groups is 1. The first-order chi connectivity index (χ1) is 16.0. The molecule has 0 atom stereocenters. The summed E-state index contributed by atoms with van der Waals surface area (Å²) in [5, 5.41) is 8.82. The topological polar surface area (TPSA) is 66.3 Å². The number of rotatable bonds is 9. The Morgan fingerprint density at radius 2 is 1.70 bits per heavy atom. The molecule has 1 N–H and O–H groups in total. The molecule has 172 valence electrons. The number of aliphatic carboxylic acids is 1. The molecule has 0 bridgehead atoms. The number of nitrogens with zero attached hydrogens (tertiary/aromatic N) is 3. The van der Waals surface area contributed by atoms with Gasteiger partial charge in [-0.3, -0.25) is 4.79 Å². The molecule has 0 saturated carbocycles. The molecule has 0 aliphatic carbocycles. The molecule has 3 aromatic rings. The lowest BCUT2D eigenvalue weighted by Crippen LogP contribution is -2.32. The number of carboxylic acids is 1. The Kier molecular flexibility index (Phi) is 7.38. The van der Waals surface area contributed by atoms with Crippen LogP contribution in [-0.2, 0) is 11.2 Å². The molecular weight excluding hydrogens is 410 g/mol. The molecule has 1 aliphatic heterocycles. The van der Waals surface area contributed by atoms with Crippen LogP contribution in [0.4, 0.5) is 5.82 Å². The van der Waals surface area contributed by atoms with Crippen LogP contribution in [0.1, 0.15) is 55.3 Å². The van der Waals surface area contributed by atoms with Crippen LogP contribution in [0.15, 0.2) is 48.5 Å². The Morgan fingerprint density at radius 3 is 2.45 bits per heavy atom. The Bertz CT molecular complexity index is 1110. The molecule has 1 aliphatic rings. The summed E-state index contributed by atoms with van der Waals surface area (Å²) in [6, 6.07) is 17.0. The predicted octanol–water partition coefficient (Wildman–Crippen LogP) is 6.22. The van der Waals surface area contributed by atoms with Crippen molar-refractivity contribution >= 4 is 11.8 Å². The third-order valence-electron chi connectivity index (χ3n) is 6.38. The third-order valence-corrected chi connectivity index (χ3v) is 6.38. The molecule has 5 nitrogen and oxygen atoms in total. The van der Waals surface area contributed by atoms with E-state index in [4.69, 9.17) is 15.1 Å². The van der Waals surface area contributed by atoms with Crippen molar-refractivity contribution in [3.05, 3.63) is 65.4 Å². The standard InChI is InChI=1S/C28H33N3O2/c1-20-14-16-22(17-15-20)26-27(23-11-7-6-10-21(23)2)30-28-24(29-26)12-9-19-31(28)18-8-4-3-5-13-25(32)33/h6-7,10-11,14-17H,3-5,8-9,12-13,18-19H2,1-2H3,(H,32,33). The molecule has 2 aromatic carbocycles. The third kappa shape index (κ3) is 5.59. The van der Waals surface area contributed by atoms with Gasteiger partial charge in [-0.1, -0.05) is 66.9 Å². The first kappa shape index (κ1) is 23.0. The van der Waals surface area contributed by atoms with E-state index in [2.05, 4.69) is 67.3 Å². The summed E-state index contributed by atoms with van der Waals surface area (Å²) in [5.74, 6) is 0.309. The second-order valence-corrected chi connectivity index (χ2v) is 9.02. The summed E-state index contributed by atoms with van der Waals surface area (Å²) in [7, 11) is 0. The zero-order valence-corrected chi connectivity index (χ0v) is 19.7. The predicted molar refractivity (Wildman–Crippen MR) is 134 cm³/mol. The summed E-state index contributed by atoms with van der Waals surface area (Å²) >= 11 is 0. The van der Waals surface area contributed by atoms with Gasteiger partial charge < -0.3 is 10.0 Å². The quantitative estimate of drug-likeness (QED) is 0.398. The molecule has 4 rings (SSSR count). The van der Waals surface area contributed by atoms with Gasteiger partial charge >= 0.3 is 5.97 Å². The van der Waals surface area contributed by atoms with Crippen molar-refractivity contribution in [1.82, 2.24) is 9.97 Å². The minimum atomic E-state index is -0.705. The van der Waals surface area contributed by atoms with E-state index in [1.54, 1.807) is 0 Å². The second-order valence-electron chi connectivity index (χ2n) is 9.02. The Labute approximate surface area is 196 Å². The van der Waals surface area contributed by atoms with Gasteiger partial charge in [0.2, 0.25) is 0 Å². The Hall–Kier alpha value is -3.21. The highest BCUT2D eigenvalue weighted by Crippen LogP contribution is 2.36. The molecule has 0 fully saturated rings. The van der Waals surface area contributed by atoms with Crippen LogP contribution in [0.3, 0.4) is 0 Å². The smallest absolute Gasteiger partial charge is 0.303 e. The maximum absolute atomic E-state index is 10.7. The minimum absolute atomic E-state index is 0.263. The lowest BCUT2D eigenvalue weighted by Gasteiger charge is -2.30. The first-order valence-electron chi connectivity index (χ1n) is 12.0. The van der Waals surface area contributed by atoms with Crippen molar-refractivity contribution in [3.8, 4) is 22.5 Å². The zero-order valence-electron chi connectivity index (χ0n) is 19.7. The molecule has 5 heteroatoms. The minimum Gasteiger partial charge on any atom is -0.481 e. The van der Waals surface area contributed by atoms with Gasteiger partial charge in [-0.25, -0.2) is 9.97 Å². The lowest BCUT2D eigenvalue weighted by atomic mass is 9.98. The van der Waals surface area contributed by atoms with Gasteiger partial charge in [0.05, 0.1) is 17.1 Å². The van der Waals surface area contributed by atoms with Crippen molar-refractivity contribution in [2.24, 2.45) is 0 Å². The van der Waals surface area contributed by atoms with Gasteiger partial charge in [0.1, 0.15) is 0 Å². The number of aryl methyl sites for hydroxylation is 3. The van der Waals surface area contributed by atoms with Crippen molar-refractivity contribution < 1.29 is 9.90 Å². The van der Waals surface area contributed by atoms with Crippen LogP contribution in [0, 0.1) is 13.8 Å². The van der Waals surface area contributed by atoms with E-state index >= 15 is 0 Å².